The molecule has 1 aliphatic heterocycles. The predicted octanol–water partition coefficient (Wildman–Crippen LogP) is 2.15. The van der Waals surface area contributed by atoms with Gasteiger partial charge in [-0.15, -0.1) is 0 Å². The third kappa shape index (κ3) is 2.87. The number of benzene rings is 1. The van der Waals surface area contributed by atoms with E-state index in [1.807, 2.05) is 6.92 Å². The highest BCUT2D eigenvalue weighted by Gasteiger charge is 2.26. The quantitative estimate of drug-likeness (QED) is 0.822. The lowest BCUT2D eigenvalue weighted by Crippen LogP contribution is -2.45. The van der Waals surface area contributed by atoms with Crippen LogP contribution in [0.4, 0.5) is 4.39 Å². The first kappa shape index (κ1) is 13.0. The van der Waals surface area contributed by atoms with Crippen LogP contribution in [-0.4, -0.2) is 37.2 Å². The Morgan fingerprint density at radius 2 is 1.89 bits per heavy atom. The summed E-state index contributed by atoms with van der Waals surface area (Å²) >= 11 is 0. The minimum Gasteiger partial charge on any atom is -0.379 e. The van der Waals surface area contributed by atoms with Crippen molar-refractivity contribution in [3.8, 4) is 6.07 Å². The fourth-order valence-corrected chi connectivity index (χ4v) is 2.31. The van der Waals surface area contributed by atoms with Crippen molar-refractivity contribution in [2.45, 2.75) is 18.9 Å². The molecule has 0 spiro atoms. The highest BCUT2D eigenvalue weighted by Crippen LogP contribution is 2.23. The molecule has 1 fully saturated rings. The fraction of sp³-hybridized carbons (Fsp3) is 0.500. The highest BCUT2D eigenvalue weighted by molar-refractivity contribution is 5.23. The van der Waals surface area contributed by atoms with Crippen molar-refractivity contribution in [2.75, 3.05) is 26.3 Å². The summed E-state index contributed by atoms with van der Waals surface area (Å²) in [4.78, 5) is 2.14. The van der Waals surface area contributed by atoms with Gasteiger partial charge in [-0.2, -0.15) is 5.26 Å². The van der Waals surface area contributed by atoms with E-state index in [9.17, 15) is 9.65 Å². The smallest absolute Gasteiger partial charge is 0.123 e. The maximum Gasteiger partial charge on any atom is 0.123 e. The first-order valence-corrected chi connectivity index (χ1v) is 6.19. The van der Waals surface area contributed by atoms with Crippen LogP contribution >= 0.6 is 0 Å². The first-order valence-electron chi connectivity index (χ1n) is 6.19. The van der Waals surface area contributed by atoms with Gasteiger partial charge in [-0.1, -0.05) is 19.1 Å². The van der Waals surface area contributed by atoms with Crippen LogP contribution in [0.15, 0.2) is 24.3 Å². The maximum absolute atomic E-state index is 12.9. The van der Waals surface area contributed by atoms with Gasteiger partial charge in [-0.05, 0) is 17.7 Å². The van der Waals surface area contributed by atoms with Crippen LogP contribution in [0.2, 0.25) is 0 Å². The Bertz CT molecular complexity index is 420. The lowest BCUT2D eigenvalue weighted by atomic mass is 9.93. The minimum absolute atomic E-state index is 0.0636. The molecule has 0 aliphatic carbocycles. The van der Waals surface area contributed by atoms with E-state index >= 15 is 0 Å². The van der Waals surface area contributed by atoms with Crippen LogP contribution in [0, 0.1) is 17.1 Å². The molecule has 1 heterocycles. The largest absolute Gasteiger partial charge is 0.379 e. The molecule has 1 aromatic rings. The first-order chi connectivity index (χ1) is 8.72. The number of halogens is 1. The van der Waals surface area contributed by atoms with Gasteiger partial charge < -0.3 is 4.74 Å². The van der Waals surface area contributed by atoms with Gasteiger partial charge in [0.05, 0.1) is 19.3 Å². The van der Waals surface area contributed by atoms with E-state index in [2.05, 4.69) is 11.0 Å². The Morgan fingerprint density at radius 3 is 2.44 bits per heavy atom. The molecule has 4 heteroatoms. The van der Waals surface area contributed by atoms with Crippen molar-refractivity contribution in [1.29, 1.82) is 5.26 Å². The zero-order valence-corrected chi connectivity index (χ0v) is 10.5. The van der Waals surface area contributed by atoms with Crippen LogP contribution < -0.4 is 0 Å². The van der Waals surface area contributed by atoms with Gasteiger partial charge in [-0.3, -0.25) is 4.90 Å². The molecular formula is C14H17FN2O. The van der Waals surface area contributed by atoms with E-state index in [-0.39, 0.29) is 17.8 Å². The monoisotopic (exact) mass is 248 g/mol. The SMILES string of the molecule is CC(c1ccc(F)cc1)C(C#N)N1CCOCC1. The van der Waals surface area contributed by atoms with E-state index in [1.54, 1.807) is 12.1 Å². The van der Waals surface area contributed by atoms with Gasteiger partial charge in [0.2, 0.25) is 0 Å². The second-order valence-electron chi connectivity index (χ2n) is 4.56. The Hall–Kier alpha value is -1.44. The van der Waals surface area contributed by atoms with Gasteiger partial charge in [-0.25, -0.2) is 4.39 Å². The summed E-state index contributed by atoms with van der Waals surface area (Å²) in [6, 6.07) is 8.58. The van der Waals surface area contributed by atoms with Crippen LogP contribution in [0.5, 0.6) is 0 Å². The van der Waals surface area contributed by atoms with E-state index in [0.29, 0.717) is 13.2 Å². The Balaban J connectivity index is 2.11. The molecule has 18 heavy (non-hydrogen) atoms. The van der Waals surface area contributed by atoms with Gasteiger partial charge >= 0.3 is 0 Å². The minimum atomic E-state index is -0.245. The maximum atomic E-state index is 12.9. The third-order valence-electron chi connectivity index (χ3n) is 3.44. The lowest BCUT2D eigenvalue weighted by molar-refractivity contribution is 0.0231. The predicted molar refractivity (Wildman–Crippen MR) is 66.6 cm³/mol. The number of rotatable bonds is 3. The third-order valence-corrected chi connectivity index (χ3v) is 3.44. The number of morpholine rings is 1. The normalized spacial score (nSPS) is 20.1. The Morgan fingerprint density at radius 1 is 1.28 bits per heavy atom. The second-order valence-corrected chi connectivity index (χ2v) is 4.56. The van der Waals surface area contributed by atoms with Crippen molar-refractivity contribution in [3.63, 3.8) is 0 Å². The Kier molecular flexibility index (Phi) is 4.29. The zero-order valence-electron chi connectivity index (χ0n) is 10.5. The molecule has 0 bridgehead atoms. The number of nitrogens with zero attached hydrogens (tertiary/aromatic N) is 2. The summed E-state index contributed by atoms with van der Waals surface area (Å²) < 4.78 is 18.2. The Labute approximate surface area is 107 Å². The lowest BCUT2D eigenvalue weighted by Gasteiger charge is -2.33. The molecule has 0 radical (unpaired) electrons. The molecule has 2 rings (SSSR count). The standard InChI is InChI=1S/C14H17FN2O/c1-11(12-2-4-13(15)5-3-12)14(10-16)17-6-8-18-9-7-17/h2-5,11,14H,6-9H2,1H3. The molecule has 0 aromatic heterocycles. The van der Waals surface area contributed by atoms with Crippen LogP contribution in [0.25, 0.3) is 0 Å². The average Bonchev–Trinajstić information content (AvgIpc) is 2.41. The van der Waals surface area contributed by atoms with Gasteiger partial charge in [0.15, 0.2) is 0 Å². The molecule has 1 aromatic carbocycles. The van der Waals surface area contributed by atoms with Crippen LogP contribution in [0.1, 0.15) is 18.4 Å². The molecule has 0 N–H and O–H groups in total. The molecule has 0 amide bonds. The summed E-state index contributed by atoms with van der Waals surface area (Å²) in [6.45, 7) is 4.92. The number of nitriles is 1. The van der Waals surface area contributed by atoms with Crippen molar-refractivity contribution >= 4 is 0 Å². The van der Waals surface area contributed by atoms with E-state index < -0.39 is 0 Å². The summed E-state index contributed by atoms with van der Waals surface area (Å²) in [5, 5.41) is 9.36. The second kappa shape index (κ2) is 5.94. The molecule has 2 unspecified atom stereocenters. The average molecular weight is 248 g/mol. The zero-order chi connectivity index (χ0) is 13.0. The molecule has 96 valence electrons. The molecule has 0 saturated carbocycles. The number of hydrogen-bond donors (Lipinski definition) is 0. The summed E-state index contributed by atoms with van der Waals surface area (Å²) in [5.74, 6) is -0.181. The van der Waals surface area contributed by atoms with Gasteiger partial charge in [0.1, 0.15) is 11.9 Å². The molecule has 1 saturated heterocycles. The van der Waals surface area contributed by atoms with E-state index in [0.717, 1.165) is 18.7 Å². The number of ether oxygens (including phenoxy) is 1. The van der Waals surface area contributed by atoms with E-state index in [1.165, 1.54) is 12.1 Å². The molecular weight excluding hydrogens is 231 g/mol. The van der Waals surface area contributed by atoms with Crippen molar-refractivity contribution < 1.29 is 9.13 Å². The summed E-state index contributed by atoms with van der Waals surface area (Å²) in [6.07, 6.45) is 0. The highest BCUT2D eigenvalue weighted by atomic mass is 19.1. The van der Waals surface area contributed by atoms with Crippen molar-refractivity contribution in [1.82, 2.24) is 4.90 Å². The van der Waals surface area contributed by atoms with Crippen molar-refractivity contribution in [2.24, 2.45) is 0 Å². The number of hydrogen-bond acceptors (Lipinski definition) is 3. The van der Waals surface area contributed by atoms with Crippen LogP contribution in [-0.2, 0) is 4.74 Å². The van der Waals surface area contributed by atoms with Crippen molar-refractivity contribution in [3.05, 3.63) is 35.6 Å². The molecule has 2 atom stereocenters. The molecule has 1 aliphatic rings. The van der Waals surface area contributed by atoms with E-state index in [4.69, 9.17) is 4.74 Å². The summed E-state index contributed by atoms with van der Waals surface area (Å²) in [5.41, 5.74) is 0.995. The van der Waals surface area contributed by atoms with Gasteiger partial charge in [0.25, 0.3) is 0 Å². The topological polar surface area (TPSA) is 36.3 Å². The summed E-state index contributed by atoms with van der Waals surface area (Å²) in [7, 11) is 0. The van der Waals surface area contributed by atoms with Gasteiger partial charge in [0, 0.05) is 19.0 Å². The molecule has 3 nitrogen and oxygen atoms in total. The fourth-order valence-electron chi connectivity index (χ4n) is 2.31. The van der Waals surface area contributed by atoms with Crippen LogP contribution in [0.3, 0.4) is 0 Å².